The molecule has 2 aromatic rings. The summed E-state index contributed by atoms with van der Waals surface area (Å²) >= 11 is 0. The van der Waals surface area contributed by atoms with Crippen molar-refractivity contribution in [3.63, 3.8) is 0 Å². The molecule has 2 nitrogen and oxygen atoms in total. The summed E-state index contributed by atoms with van der Waals surface area (Å²) < 4.78 is 5.35. The zero-order valence-corrected chi connectivity index (χ0v) is 11.4. The van der Waals surface area contributed by atoms with E-state index in [1.807, 2.05) is 24.3 Å². The molecule has 2 heteroatoms. The van der Waals surface area contributed by atoms with Crippen LogP contribution in [0.3, 0.4) is 0 Å². The van der Waals surface area contributed by atoms with Gasteiger partial charge in [0.2, 0.25) is 0 Å². The van der Waals surface area contributed by atoms with Gasteiger partial charge in [-0.3, -0.25) is 0 Å². The maximum Gasteiger partial charge on any atom is 0.122 e. The topological polar surface area (TPSA) is 35.2 Å². The molecule has 0 aromatic heterocycles. The van der Waals surface area contributed by atoms with E-state index in [0.717, 1.165) is 25.0 Å². The molecule has 0 radical (unpaired) electrons. The zero-order chi connectivity index (χ0) is 13.5. The molecule has 1 unspecified atom stereocenters. The van der Waals surface area contributed by atoms with E-state index in [1.165, 1.54) is 11.1 Å². The second-order valence-electron chi connectivity index (χ2n) is 4.80. The van der Waals surface area contributed by atoms with Crippen LogP contribution in [-0.2, 0) is 12.8 Å². The standard InChI is InChI=1S/C17H21NO/c1-19-17-10-6-5-9-15(17)13-16(18)12-11-14-7-3-2-4-8-14/h2-10,16H,11-13,18H2,1H3. The Labute approximate surface area is 115 Å². The Morgan fingerprint density at radius 1 is 1.00 bits per heavy atom. The highest BCUT2D eigenvalue weighted by atomic mass is 16.5. The van der Waals surface area contributed by atoms with Gasteiger partial charge in [-0.15, -0.1) is 0 Å². The molecular weight excluding hydrogens is 234 g/mol. The predicted molar refractivity (Wildman–Crippen MR) is 79.4 cm³/mol. The first kappa shape index (κ1) is 13.6. The Bertz CT molecular complexity index is 496. The number of aryl methyl sites for hydroxylation is 1. The van der Waals surface area contributed by atoms with Crippen molar-refractivity contribution < 1.29 is 4.74 Å². The zero-order valence-electron chi connectivity index (χ0n) is 11.4. The van der Waals surface area contributed by atoms with Crippen molar-refractivity contribution in [3.05, 3.63) is 65.7 Å². The van der Waals surface area contributed by atoms with E-state index in [9.17, 15) is 0 Å². The molecule has 0 aliphatic carbocycles. The molecule has 2 aromatic carbocycles. The van der Waals surface area contributed by atoms with Crippen molar-refractivity contribution in [2.75, 3.05) is 7.11 Å². The van der Waals surface area contributed by atoms with Gasteiger partial charge >= 0.3 is 0 Å². The van der Waals surface area contributed by atoms with Crippen molar-refractivity contribution >= 4 is 0 Å². The lowest BCUT2D eigenvalue weighted by atomic mass is 9.99. The molecule has 1 atom stereocenters. The van der Waals surface area contributed by atoms with Crippen molar-refractivity contribution in [2.24, 2.45) is 5.73 Å². The number of hydrogen-bond donors (Lipinski definition) is 1. The fraction of sp³-hybridized carbons (Fsp3) is 0.294. The second kappa shape index (κ2) is 6.95. The van der Waals surface area contributed by atoms with E-state index < -0.39 is 0 Å². The van der Waals surface area contributed by atoms with Gasteiger partial charge in [-0.2, -0.15) is 0 Å². The molecule has 19 heavy (non-hydrogen) atoms. The number of benzene rings is 2. The van der Waals surface area contributed by atoms with E-state index in [4.69, 9.17) is 10.5 Å². The van der Waals surface area contributed by atoms with E-state index in [1.54, 1.807) is 7.11 Å². The smallest absolute Gasteiger partial charge is 0.122 e. The normalized spacial score (nSPS) is 12.1. The van der Waals surface area contributed by atoms with Gasteiger partial charge in [-0.05, 0) is 36.5 Å². The fourth-order valence-corrected chi connectivity index (χ4v) is 2.25. The Hall–Kier alpha value is -1.80. The largest absolute Gasteiger partial charge is 0.496 e. The van der Waals surface area contributed by atoms with Gasteiger partial charge in [0.1, 0.15) is 5.75 Å². The Balaban J connectivity index is 1.89. The van der Waals surface area contributed by atoms with Crippen LogP contribution >= 0.6 is 0 Å². The third-order valence-corrected chi connectivity index (χ3v) is 3.32. The molecule has 0 spiro atoms. The number of rotatable bonds is 6. The lowest BCUT2D eigenvalue weighted by molar-refractivity contribution is 0.407. The third-order valence-electron chi connectivity index (χ3n) is 3.32. The highest BCUT2D eigenvalue weighted by Crippen LogP contribution is 2.19. The van der Waals surface area contributed by atoms with Gasteiger partial charge in [-0.1, -0.05) is 48.5 Å². The van der Waals surface area contributed by atoms with Crippen LogP contribution in [-0.4, -0.2) is 13.2 Å². The highest BCUT2D eigenvalue weighted by Gasteiger charge is 2.08. The number of ether oxygens (including phenoxy) is 1. The van der Waals surface area contributed by atoms with Crippen LogP contribution in [0.5, 0.6) is 5.75 Å². The lowest BCUT2D eigenvalue weighted by Gasteiger charge is -2.14. The summed E-state index contributed by atoms with van der Waals surface area (Å²) in [5, 5.41) is 0. The molecule has 100 valence electrons. The van der Waals surface area contributed by atoms with Crippen LogP contribution in [0.25, 0.3) is 0 Å². The minimum atomic E-state index is 0.163. The summed E-state index contributed by atoms with van der Waals surface area (Å²) in [6, 6.07) is 18.7. The maximum absolute atomic E-state index is 6.22. The third kappa shape index (κ3) is 4.11. The Morgan fingerprint density at radius 2 is 1.68 bits per heavy atom. The molecule has 2 rings (SSSR count). The monoisotopic (exact) mass is 255 g/mol. The van der Waals surface area contributed by atoms with Gasteiger partial charge in [-0.25, -0.2) is 0 Å². The van der Waals surface area contributed by atoms with Gasteiger partial charge in [0.25, 0.3) is 0 Å². The molecule has 2 N–H and O–H groups in total. The Morgan fingerprint density at radius 3 is 2.42 bits per heavy atom. The molecule has 0 aliphatic heterocycles. The van der Waals surface area contributed by atoms with Gasteiger partial charge in [0.15, 0.2) is 0 Å². The molecular formula is C17H21NO. The number of para-hydroxylation sites is 1. The van der Waals surface area contributed by atoms with E-state index in [2.05, 4.69) is 30.3 Å². The molecule has 0 aliphatic rings. The Kier molecular flexibility index (Phi) is 4.99. The molecule has 0 fully saturated rings. The van der Waals surface area contributed by atoms with Crippen molar-refractivity contribution in [2.45, 2.75) is 25.3 Å². The summed E-state index contributed by atoms with van der Waals surface area (Å²) in [5.41, 5.74) is 8.75. The quantitative estimate of drug-likeness (QED) is 0.860. The van der Waals surface area contributed by atoms with Crippen LogP contribution in [0, 0.1) is 0 Å². The van der Waals surface area contributed by atoms with Crippen LogP contribution in [0.4, 0.5) is 0 Å². The SMILES string of the molecule is COc1ccccc1CC(N)CCc1ccccc1. The predicted octanol–water partition coefficient (Wildman–Crippen LogP) is 3.20. The molecule has 0 heterocycles. The lowest BCUT2D eigenvalue weighted by Crippen LogP contribution is -2.23. The van der Waals surface area contributed by atoms with Crippen LogP contribution in [0.1, 0.15) is 17.5 Å². The first-order valence-electron chi connectivity index (χ1n) is 6.71. The van der Waals surface area contributed by atoms with Crippen LogP contribution in [0.15, 0.2) is 54.6 Å². The van der Waals surface area contributed by atoms with Gasteiger partial charge < -0.3 is 10.5 Å². The van der Waals surface area contributed by atoms with Gasteiger partial charge in [0, 0.05) is 6.04 Å². The van der Waals surface area contributed by atoms with E-state index in [0.29, 0.717) is 0 Å². The van der Waals surface area contributed by atoms with Crippen molar-refractivity contribution in [1.29, 1.82) is 0 Å². The molecule has 0 bridgehead atoms. The molecule has 0 saturated heterocycles. The van der Waals surface area contributed by atoms with Crippen LogP contribution in [0.2, 0.25) is 0 Å². The van der Waals surface area contributed by atoms with Gasteiger partial charge in [0.05, 0.1) is 7.11 Å². The highest BCUT2D eigenvalue weighted by molar-refractivity contribution is 5.33. The number of nitrogens with two attached hydrogens (primary N) is 1. The first-order chi connectivity index (χ1) is 9.29. The van der Waals surface area contributed by atoms with E-state index in [-0.39, 0.29) is 6.04 Å². The van der Waals surface area contributed by atoms with Crippen LogP contribution < -0.4 is 10.5 Å². The maximum atomic E-state index is 6.22. The minimum Gasteiger partial charge on any atom is -0.496 e. The average Bonchev–Trinajstić information content (AvgIpc) is 2.47. The summed E-state index contributed by atoms with van der Waals surface area (Å²) in [6.45, 7) is 0. The summed E-state index contributed by atoms with van der Waals surface area (Å²) in [4.78, 5) is 0. The second-order valence-corrected chi connectivity index (χ2v) is 4.80. The minimum absolute atomic E-state index is 0.163. The summed E-state index contributed by atoms with van der Waals surface area (Å²) in [7, 11) is 1.70. The summed E-state index contributed by atoms with van der Waals surface area (Å²) in [5.74, 6) is 0.928. The van der Waals surface area contributed by atoms with Crippen molar-refractivity contribution in [3.8, 4) is 5.75 Å². The number of hydrogen-bond acceptors (Lipinski definition) is 2. The summed E-state index contributed by atoms with van der Waals surface area (Å²) in [6.07, 6.45) is 2.87. The van der Waals surface area contributed by atoms with E-state index >= 15 is 0 Å². The molecule has 0 amide bonds. The first-order valence-corrected chi connectivity index (χ1v) is 6.71. The molecule has 0 saturated carbocycles. The average molecular weight is 255 g/mol. The number of methoxy groups -OCH3 is 1. The fourth-order valence-electron chi connectivity index (χ4n) is 2.25. The van der Waals surface area contributed by atoms with Crippen molar-refractivity contribution in [1.82, 2.24) is 0 Å².